The lowest BCUT2D eigenvalue weighted by Gasteiger charge is -2.29. The number of methoxy groups -OCH3 is 2. The van der Waals surface area contributed by atoms with Crippen LogP contribution in [0.5, 0.6) is 11.5 Å². The Balaban J connectivity index is 2.14. The van der Waals surface area contributed by atoms with Crippen molar-refractivity contribution in [3.05, 3.63) is 54.1 Å². The number of carbonyl (C=O) groups excluding carboxylic acids is 1. The summed E-state index contributed by atoms with van der Waals surface area (Å²) in [5.74, 6) is 0.490. The van der Waals surface area contributed by atoms with E-state index in [0.29, 0.717) is 17.2 Å². The van der Waals surface area contributed by atoms with Crippen LogP contribution in [0.1, 0.15) is 25.8 Å². The molecule has 0 spiro atoms. The van der Waals surface area contributed by atoms with Gasteiger partial charge in [0.2, 0.25) is 15.9 Å². The summed E-state index contributed by atoms with van der Waals surface area (Å²) in [6.07, 6.45) is 2.65. The van der Waals surface area contributed by atoms with E-state index in [9.17, 15) is 13.2 Å². The van der Waals surface area contributed by atoms with Crippen LogP contribution in [0.25, 0.3) is 0 Å². The van der Waals surface area contributed by atoms with Crippen LogP contribution < -0.4 is 19.1 Å². The number of nitrogens with zero attached hydrogens (tertiary/aromatic N) is 1. The molecule has 0 heterocycles. The van der Waals surface area contributed by atoms with E-state index < -0.39 is 16.1 Å². The Bertz CT molecular complexity index is 947. The van der Waals surface area contributed by atoms with Crippen LogP contribution in [-0.4, -0.2) is 46.9 Å². The molecule has 0 unspecified atom stereocenters. The largest absolute Gasteiger partial charge is 0.493 e. The number of ether oxygens (including phenoxy) is 2. The first kappa shape index (κ1) is 23.5. The molecule has 0 saturated heterocycles. The number of rotatable bonds is 10. The first-order chi connectivity index (χ1) is 14.2. The molecule has 0 aromatic heterocycles. The van der Waals surface area contributed by atoms with Crippen molar-refractivity contribution < 1.29 is 22.7 Å². The first-order valence-electron chi connectivity index (χ1n) is 9.73. The fourth-order valence-corrected chi connectivity index (χ4v) is 4.40. The van der Waals surface area contributed by atoms with Gasteiger partial charge in [0, 0.05) is 12.1 Å². The molecule has 30 heavy (non-hydrogen) atoms. The predicted octanol–water partition coefficient (Wildman–Crippen LogP) is 3.00. The number of hydrogen-bond acceptors (Lipinski definition) is 5. The summed E-state index contributed by atoms with van der Waals surface area (Å²) in [4.78, 5) is 12.8. The van der Waals surface area contributed by atoms with Gasteiger partial charge >= 0.3 is 0 Å². The maximum atomic E-state index is 12.8. The van der Waals surface area contributed by atoms with Crippen molar-refractivity contribution in [2.24, 2.45) is 0 Å². The topological polar surface area (TPSA) is 84.9 Å². The second-order valence-corrected chi connectivity index (χ2v) is 9.07. The van der Waals surface area contributed by atoms with E-state index in [1.807, 2.05) is 37.3 Å². The summed E-state index contributed by atoms with van der Waals surface area (Å²) < 4.78 is 36.6. The SMILES string of the molecule is COc1ccc(N([C@@H](C)C(=O)N[C@H](C)CCc2ccccc2)S(C)(=O)=O)cc1OC. The van der Waals surface area contributed by atoms with E-state index in [1.165, 1.54) is 19.8 Å². The first-order valence-corrected chi connectivity index (χ1v) is 11.6. The number of anilines is 1. The Labute approximate surface area is 179 Å². The van der Waals surface area contributed by atoms with Crippen LogP contribution in [0, 0.1) is 0 Å². The molecule has 8 heteroatoms. The highest BCUT2D eigenvalue weighted by molar-refractivity contribution is 7.92. The minimum absolute atomic E-state index is 0.105. The van der Waals surface area contributed by atoms with E-state index in [-0.39, 0.29) is 11.9 Å². The molecule has 1 N–H and O–H groups in total. The lowest BCUT2D eigenvalue weighted by molar-refractivity contribution is -0.122. The minimum Gasteiger partial charge on any atom is -0.493 e. The molecule has 0 aliphatic rings. The maximum absolute atomic E-state index is 12.8. The number of carbonyl (C=O) groups is 1. The Morgan fingerprint density at radius 1 is 1.03 bits per heavy atom. The average molecular weight is 435 g/mol. The van der Waals surface area contributed by atoms with E-state index >= 15 is 0 Å². The molecular formula is C22H30N2O5S. The van der Waals surface area contributed by atoms with E-state index in [4.69, 9.17) is 9.47 Å². The third kappa shape index (κ3) is 6.13. The van der Waals surface area contributed by atoms with Crippen LogP contribution in [0.4, 0.5) is 5.69 Å². The lowest BCUT2D eigenvalue weighted by atomic mass is 10.1. The average Bonchev–Trinajstić information content (AvgIpc) is 2.71. The fourth-order valence-electron chi connectivity index (χ4n) is 3.23. The van der Waals surface area contributed by atoms with Gasteiger partial charge in [-0.1, -0.05) is 30.3 Å². The summed E-state index contributed by atoms with van der Waals surface area (Å²) in [7, 11) is -0.754. The molecule has 1 amide bonds. The van der Waals surface area contributed by atoms with Crippen molar-refractivity contribution >= 4 is 21.6 Å². The Kier molecular flexibility index (Phi) is 8.11. The van der Waals surface area contributed by atoms with E-state index in [2.05, 4.69) is 5.32 Å². The van der Waals surface area contributed by atoms with Crippen molar-refractivity contribution in [3.63, 3.8) is 0 Å². The van der Waals surface area contributed by atoms with Gasteiger partial charge in [0.05, 0.1) is 26.2 Å². The van der Waals surface area contributed by atoms with Crippen molar-refractivity contribution in [3.8, 4) is 11.5 Å². The zero-order valence-corrected chi connectivity index (χ0v) is 18.9. The van der Waals surface area contributed by atoms with Crippen LogP contribution in [-0.2, 0) is 21.2 Å². The zero-order chi connectivity index (χ0) is 22.3. The van der Waals surface area contributed by atoms with E-state index in [0.717, 1.165) is 23.4 Å². The lowest BCUT2D eigenvalue weighted by Crippen LogP contribution is -2.50. The van der Waals surface area contributed by atoms with E-state index in [1.54, 1.807) is 25.1 Å². The molecule has 2 atom stereocenters. The molecule has 0 fully saturated rings. The van der Waals surface area contributed by atoms with Crippen molar-refractivity contribution in [2.45, 2.75) is 38.8 Å². The Morgan fingerprint density at radius 3 is 2.23 bits per heavy atom. The third-order valence-electron chi connectivity index (χ3n) is 4.81. The second-order valence-electron chi connectivity index (χ2n) is 7.21. The molecule has 2 aromatic carbocycles. The minimum atomic E-state index is -3.72. The number of benzene rings is 2. The van der Waals surface area contributed by atoms with Crippen LogP contribution in [0.3, 0.4) is 0 Å². The predicted molar refractivity (Wildman–Crippen MR) is 119 cm³/mol. The Hall–Kier alpha value is -2.74. The summed E-state index contributed by atoms with van der Waals surface area (Å²) >= 11 is 0. The summed E-state index contributed by atoms with van der Waals surface area (Å²) in [6.45, 7) is 3.48. The van der Waals surface area contributed by atoms with Gasteiger partial charge in [-0.05, 0) is 44.4 Å². The number of sulfonamides is 1. The maximum Gasteiger partial charge on any atom is 0.243 e. The number of nitrogens with one attached hydrogen (secondary N) is 1. The fraction of sp³-hybridized carbons (Fsp3) is 0.409. The van der Waals surface area contributed by atoms with Gasteiger partial charge in [-0.2, -0.15) is 0 Å². The molecular weight excluding hydrogens is 404 g/mol. The van der Waals surface area contributed by atoms with Gasteiger partial charge in [0.15, 0.2) is 11.5 Å². The number of aryl methyl sites for hydroxylation is 1. The number of amides is 1. The monoisotopic (exact) mass is 434 g/mol. The molecule has 0 aliphatic carbocycles. The van der Waals surface area contributed by atoms with Crippen LogP contribution in [0.2, 0.25) is 0 Å². The standard InChI is InChI=1S/C22H30N2O5S/c1-16(11-12-18-9-7-6-8-10-18)23-22(25)17(2)24(30(5,26)27)19-13-14-20(28-3)21(15-19)29-4/h6-10,13-17H,11-12H2,1-5H3,(H,23,25)/t16-,17+/m1/s1. The molecule has 0 aliphatic heterocycles. The Morgan fingerprint density at radius 2 is 1.67 bits per heavy atom. The second kappa shape index (κ2) is 10.3. The smallest absolute Gasteiger partial charge is 0.243 e. The van der Waals surface area contributed by atoms with Crippen molar-refractivity contribution in [2.75, 3.05) is 24.8 Å². The molecule has 7 nitrogen and oxygen atoms in total. The highest BCUT2D eigenvalue weighted by Crippen LogP contribution is 2.33. The summed E-state index contributed by atoms with van der Waals surface area (Å²) in [5.41, 5.74) is 1.52. The third-order valence-corrected chi connectivity index (χ3v) is 6.05. The highest BCUT2D eigenvalue weighted by Gasteiger charge is 2.30. The summed E-state index contributed by atoms with van der Waals surface area (Å²) in [5, 5.41) is 2.92. The quantitative estimate of drug-likeness (QED) is 0.621. The normalized spacial score (nSPS) is 13.2. The van der Waals surface area contributed by atoms with Gasteiger partial charge in [-0.3, -0.25) is 9.10 Å². The molecule has 0 radical (unpaired) electrons. The number of hydrogen-bond donors (Lipinski definition) is 1. The van der Waals surface area contributed by atoms with Crippen LogP contribution >= 0.6 is 0 Å². The van der Waals surface area contributed by atoms with Gasteiger partial charge < -0.3 is 14.8 Å². The van der Waals surface area contributed by atoms with Gasteiger partial charge in [0.25, 0.3) is 0 Å². The molecule has 164 valence electrons. The van der Waals surface area contributed by atoms with Crippen LogP contribution in [0.15, 0.2) is 48.5 Å². The van der Waals surface area contributed by atoms with Crippen molar-refractivity contribution in [1.82, 2.24) is 5.32 Å². The summed E-state index contributed by atoms with van der Waals surface area (Å²) in [6, 6.07) is 13.7. The van der Waals surface area contributed by atoms with Gasteiger partial charge in [0.1, 0.15) is 6.04 Å². The highest BCUT2D eigenvalue weighted by atomic mass is 32.2. The molecule has 2 aromatic rings. The molecule has 0 bridgehead atoms. The molecule has 0 saturated carbocycles. The van der Waals surface area contributed by atoms with Gasteiger partial charge in [-0.25, -0.2) is 8.42 Å². The van der Waals surface area contributed by atoms with Crippen molar-refractivity contribution in [1.29, 1.82) is 0 Å². The molecule has 2 rings (SSSR count). The van der Waals surface area contributed by atoms with Gasteiger partial charge in [-0.15, -0.1) is 0 Å². The zero-order valence-electron chi connectivity index (χ0n) is 18.1.